The van der Waals surface area contributed by atoms with Crippen LogP contribution in [0.3, 0.4) is 0 Å². The number of benzene rings is 1. The molecular formula is C13H12IN3O. The molecule has 2 unspecified atom stereocenters. The average molecular weight is 353 g/mol. The van der Waals surface area contributed by atoms with Gasteiger partial charge in [-0.2, -0.15) is 0 Å². The summed E-state index contributed by atoms with van der Waals surface area (Å²) in [7, 11) is 0. The lowest BCUT2D eigenvalue weighted by Gasteiger charge is -2.06. The molecule has 0 bridgehead atoms. The predicted molar refractivity (Wildman–Crippen MR) is 78.8 cm³/mol. The van der Waals surface area contributed by atoms with E-state index in [1.807, 2.05) is 28.7 Å². The van der Waals surface area contributed by atoms with Crippen molar-refractivity contribution >= 4 is 28.4 Å². The van der Waals surface area contributed by atoms with Crippen molar-refractivity contribution in [2.45, 2.75) is 18.4 Å². The molecule has 0 spiro atoms. The Morgan fingerprint density at radius 2 is 2.11 bits per heavy atom. The summed E-state index contributed by atoms with van der Waals surface area (Å²) in [6.07, 6.45) is 2.53. The van der Waals surface area contributed by atoms with E-state index >= 15 is 0 Å². The van der Waals surface area contributed by atoms with Crippen LogP contribution in [-0.4, -0.2) is 16.0 Å². The largest absolute Gasteiger partial charge is 0.366 e. The molecular weight excluding hydrogens is 341 g/mol. The third kappa shape index (κ3) is 2.27. The number of anilines is 1. The minimum atomic E-state index is -0.0926. The molecule has 1 saturated carbocycles. The molecule has 1 aliphatic carbocycles. The van der Waals surface area contributed by atoms with Crippen LogP contribution < -0.4 is 10.9 Å². The van der Waals surface area contributed by atoms with Gasteiger partial charge in [-0.05, 0) is 34.6 Å². The van der Waals surface area contributed by atoms with Crippen LogP contribution in [0.1, 0.15) is 17.9 Å². The summed E-state index contributed by atoms with van der Waals surface area (Å²) < 4.78 is 0.619. The second-order valence-electron chi connectivity index (χ2n) is 4.40. The van der Waals surface area contributed by atoms with Crippen molar-refractivity contribution in [3.63, 3.8) is 0 Å². The monoisotopic (exact) mass is 353 g/mol. The van der Waals surface area contributed by atoms with Crippen molar-refractivity contribution in [1.29, 1.82) is 0 Å². The quantitative estimate of drug-likeness (QED) is 0.833. The molecule has 5 heteroatoms. The van der Waals surface area contributed by atoms with Crippen molar-refractivity contribution < 1.29 is 0 Å². The molecule has 1 heterocycles. The van der Waals surface area contributed by atoms with E-state index in [1.54, 1.807) is 0 Å². The summed E-state index contributed by atoms with van der Waals surface area (Å²) in [6, 6.07) is 10.8. The number of rotatable bonds is 3. The van der Waals surface area contributed by atoms with Crippen LogP contribution in [-0.2, 0) is 0 Å². The lowest BCUT2D eigenvalue weighted by molar-refractivity contribution is 1.00. The molecule has 18 heavy (non-hydrogen) atoms. The summed E-state index contributed by atoms with van der Waals surface area (Å²) in [4.78, 5) is 18.2. The summed E-state index contributed by atoms with van der Waals surface area (Å²) in [5, 5.41) is 3.33. The Hall–Kier alpha value is -1.37. The lowest BCUT2D eigenvalue weighted by atomic mass is 10.1. The molecule has 2 aromatic rings. The Labute approximate surface area is 118 Å². The zero-order valence-corrected chi connectivity index (χ0v) is 11.7. The maximum Gasteiger partial charge on any atom is 0.266 e. The van der Waals surface area contributed by atoms with Crippen molar-refractivity contribution in [3.8, 4) is 0 Å². The molecule has 1 aromatic heterocycles. The van der Waals surface area contributed by atoms with Gasteiger partial charge in [0.05, 0.1) is 6.33 Å². The smallest absolute Gasteiger partial charge is 0.266 e. The molecule has 1 fully saturated rings. The number of halogens is 1. The van der Waals surface area contributed by atoms with Crippen LogP contribution in [0.25, 0.3) is 0 Å². The number of hydrogen-bond donors (Lipinski definition) is 2. The standard InChI is InChI=1S/C13H12IN3O/c14-11-12(15-7-16-13(11)18)17-10-6-9(10)8-4-2-1-3-5-8/h1-5,7,9-10H,6H2,(H2,15,16,17,18). The highest BCUT2D eigenvalue weighted by molar-refractivity contribution is 14.1. The summed E-state index contributed by atoms with van der Waals surface area (Å²) in [6.45, 7) is 0. The second kappa shape index (κ2) is 4.72. The van der Waals surface area contributed by atoms with Gasteiger partial charge in [0.2, 0.25) is 0 Å². The zero-order chi connectivity index (χ0) is 12.5. The maximum absolute atomic E-state index is 11.5. The molecule has 2 N–H and O–H groups in total. The minimum Gasteiger partial charge on any atom is -0.366 e. The SMILES string of the molecule is O=c1[nH]cnc(NC2CC2c2ccccc2)c1I. The van der Waals surface area contributed by atoms with Crippen LogP contribution in [0.2, 0.25) is 0 Å². The number of nitrogens with one attached hydrogen (secondary N) is 2. The van der Waals surface area contributed by atoms with Crippen LogP contribution in [0.4, 0.5) is 5.82 Å². The van der Waals surface area contributed by atoms with E-state index in [0.29, 0.717) is 21.3 Å². The summed E-state index contributed by atoms with van der Waals surface area (Å²) in [5.41, 5.74) is 1.25. The number of aromatic amines is 1. The molecule has 92 valence electrons. The zero-order valence-electron chi connectivity index (χ0n) is 9.56. The molecule has 0 saturated heterocycles. The Morgan fingerprint density at radius 3 is 2.89 bits per heavy atom. The summed E-state index contributed by atoms with van der Waals surface area (Å²) in [5.74, 6) is 1.21. The van der Waals surface area contributed by atoms with Gasteiger partial charge in [0.25, 0.3) is 5.56 Å². The van der Waals surface area contributed by atoms with Crippen molar-refractivity contribution in [3.05, 3.63) is 56.1 Å². The highest BCUT2D eigenvalue weighted by Crippen LogP contribution is 2.42. The van der Waals surface area contributed by atoms with Crippen LogP contribution >= 0.6 is 22.6 Å². The fraction of sp³-hybridized carbons (Fsp3) is 0.231. The van der Waals surface area contributed by atoms with E-state index in [9.17, 15) is 4.79 Å². The molecule has 1 aliphatic rings. The van der Waals surface area contributed by atoms with E-state index in [0.717, 1.165) is 6.42 Å². The first-order valence-corrected chi connectivity index (χ1v) is 6.88. The Kier molecular flexibility index (Phi) is 3.07. The number of H-pyrrole nitrogens is 1. The van der Waals surface area contributed by atoms with Gasteiger partial charge in [-0.1, -0.05) is 30.3 Å². The molecule has 0 aliphatic heterocycles. The van der Waals surface area contributed by atoms with Crippen molar-refractivity contribution in [1.82, 2.24) is 9.97 Å². The molecule has 2 atom stereocenters. The summed E-state index contributed by atoms with van der Waals surface area (Å²) >= 11 is 2.02. The van der Waals surface area contributed by atoms with E-state index in [2.05, 4.69) is 39.6 Å². The van der Waals surface area contributed by atoms with Crippen LogP contribution in [0.15, 0.2) is 41.5 Å². The van der Waals surface area contributed by atoms with E-state index in [-0.39, 0.29) is 5.56 Å². The number of hydrogen-bond acceptors (Lipinski definition) is 3. The van der Waals surface area contributed by atoms with E-state index < -0.39 is 0 Å². The minimum absolute atomic E-state index is 0.0926. The Bertz CT molecular complexity index is 611. The second-order valence-corrected chi connectivity index (χ2v) is 5.48. The van der Waals surface area contributed by atoms with Gasteiger partial charge in [0, 0.05) is 12.0 Å². The van der Waals surface area contributed by atoms with Crippen LogP contribution in [0.5, 0.6) is 0 Å². The third-order valence-corrected chi connectivity index (χ3v) is 4.14. The Morgan fingerprint density at radius 1 is 1.33 bits per heavy atom. The van der Waals surface area contributed by atoms with Gasteiger partial charge in [-0.15, -0.1) is 0 Å². The van der Waals surface area contributed by atoms with E-state index in [4.69, 9.17) is 0 Å². The van der Waals surface area contributed by atoms with Gasteiger partial charge in [-0.25, -0.2) is 4.98 Å². The number of aromatic nitrogens is 2. The molecule has 1 aromatic carbocycles. The normalized spacial score (nSPS) is 21.6. The van der Waals surface area contributed by atoms with Crippen molar-refractivity contribution in [2.75, 3.05) is 5.32 Å². The van der Waals surface area contributed by atoms with Crippen molar-refractivity contribution in [2.24, 2.45) is 0 Å². The molecule has 0 amide bonds. The highest BCUT2D eigenvalue weighted by Gasteiger charge is 2.38. The average Bonchev–Trinajstić information content (AvgIpc) is 3.15. The predicted octanol–water partition coefficient (Wildman–Crippen LogP) is 2.34. The molecule has 0 radical (unpaired) electrons. The van der Waals surface area contributed by atoms with Gasteiger partial charge < -0.3 is 10.3 Å². The fourth-order valence-corrected chi connectivity index (χ4v) is 2.53. The van der Waals surface area contributed by atoms with Crippen LogP contribution in [0, 0.1) is 3.57 Å². The fourth-order valence-electron chi connectivity index (χ4n) is 2.08. The first-order chi connectivity index (χ1) is 8.75. The maximum atomic E-state index is 11.5. The topological polar surface area (TPSA) is 57.8 Å². The first kappa shape index (κ1) is 11.7. The third-order valence-electron chi connectivity index (χ3n) is 3.14. The lowest BCUT2D eigenvalue weighted by Crippen LogP contribution is -2.16. The van der Waals surface area contributed by atoms with Gasteiger partial charge >= 0.3 is 0 Å². The van der Waals surface area contributed by atoms with Gasteiger partial charge in [-0.3, -0.25) is 4.79 Å². The van der Waals surface area contributed by atoms with E-state index in [1.165, 1.54) is 11.9 Å². The molecule has 3 rings (SSSR count). The number of nitrogens with zero attached hydrogens (tertiary/aromatic N) is 1. The van der Waals surface area contributed by atoms with Gasteiger partial charge in [0.15, 0.2) is 0 Å². The molecule has 4 nitrogen and oxygen atoms in total. The highest BCUT2D eigenvalue weighted by atomic mass is 127. The Balaban J connectivity index is 1.73. The first-order valence-electron chi connectivity index (χ1n) is 5.80. The van der Waals surface area contributed by atoms with Gasteiger partial charge in [0.1, 0.15) is 9.39 Å².